The summed E-state index contributed by atoms with van der Waals surface area (Å²) in [7, 11) is 1.85. The minimum absolute atomic E-state index is 0.305. The van der Waals surface area contributed by atoms with E-state index in [-0.39, 0.29) is 0 Å². The van der Waals surface area contributed by atoms with Gasteiger partial charge in [-0.3, -0.25) is 0 Å². The van der Waals surface area contributed by atoms with Crippen LogP contribution in [0.5, 0.6) is 0 Å². The molecule has 0 unspecified atom stereocenters. The molecule has 1 aromatic heterocycles. The molecule has 0 radical (unpaired) electrons. The highest BCUT2D eigenvalue weighted by Crippen LogP contribution is 2.30. The van der Waals surface area contributed by atoms with E-state index in [0.29, 0.717) is 6.42 Å². The van der Waals surface area contributed by atoms with Crippen molar-refractivity contribution in [3.63, 3.8) is 0 Å². The smallest absolute Gasteiger partial charge is 0.197 e. The molecule has 0 aliphatic heterocycles. The third-order valence-corrected chi connectivity index (χ3v) is 2.08. The lowest BCUT2D eigenvalue weighted by Crippen LogP contribution is -2.11. The molecule has 0 saturated carbocycles. The van der Waals surface area contributed by atoms with Gasteiger partial charge >= 0.3 is 0 Å². The second-order valence-electron chi connectivity index (χ2n) is 2.38. The molecule has 0 aliphatic rings. The normalized spacial score (nSPS) is 12.1. The van der Waals surface area contributed by atoms with Gasteiger partial charge in [0.1, 0.15) is 10.4 Å². The molecule has 2 nitrogen and oxygen atoms in total. The summed E-state index contributed by atoms with van der Waals surface area (Å²) in [5.41, 5.74) is 0. The fourth-order valence-corrected chi connectivity index (χ4v) is 1.68. The summed E-state index contributed by atoms with van der Waals surface area (Å²) >= 11 is 20.1. The molecule has 12 heavy (non-hydrogen) atoms. The third-order valence-electron chi connectivity index (χ3n) is 1.30. The van der Waals surface area contributed by atoms with E-state index in [1.54, 1.807) is 0 Å². The third kappa shape index (κ3) is 3.13. The standard InChI is InChI=1S/C6H6BrCl3N2/c1-12-3-4(7)11-5(12)2-6(8,9)10/h3H,2H2,1H3. The molecule has 0 aromatic carbocycles. The molecule has 0 spiro atoms. The maximum atomic E-state index is 5.61. The number of hydrogen-bond donors (Lipinski definition) is 0. The first-order valence-electron chi connectivity index (χ1n) is 3.13. The van der Waals surface area contributed by atoms with Crippen LogP contribution in [0.4, 0.5) is 0 Å². The van der Waals surface area contributed by atoms with Crippen LogP contribution < -0.4 is 0 Å². The monoisotopic (exact) mass is 290 g/mol. The maximum Gasteiger partial charge on any atom is 0.197 e. The predicted octanol–water partition coefficient (Wildman–Crippen LogP) is 3.10. The van der Waals surface area contributed by atoms with Crippen LogP contribution in [0, 0.1) is 0 Å². The molecule has 0 fully saturated rings. The summed E-state index contributed by atoms with van der Waals surface area (Å²) in [5.74, 6) is 0.738. The number of rotatable bonds is 1. The zero-order valence-electron chi connectivity index (χ0n) is 6.19. The molecule has 6 heteroatoms. The SMILES string of the molecule is Cn1cc(Br)nc1CC(Cl)(Cl)Cl. The Hall–Kier alpha value is 0.560. The Bertz CT molecular complexity index is 279. The summed E-state index contributed by atoms with van der Waals surface area (Å²) in [6, 6.07) is 0. The van der Waals surface area contributed by atoms with E-state index in [0.717, 1.165) is 10.4 Å². The lowest BCUT2D eigenvalue weighted by molar-refractivity contribution is 0.783. The van der Waals surface area contributed by atoms with Crippen molar-refractivity contribution in [1.29, 1.82) is 0 Å². The van der Waals surface area contributed by atoms with Crippen LogP contribution in [0.25, 0.3) is 0 Å². The van der Waals surface area contributed by atoms with Crippen molar-refractivity contribution >= 4 is 50.7 Å². The van der Waals surface area contributed by atoms with Crippen LogP contribution in [-0.2, 0) is 13.5 Å². The second-order valence-corrected chi connectivity index (χ2v) is 5.71. The largest absolute Gasteiger partial charge is 0.337 e. The predicted molar refractivity (Wildman–Crippen MR) is 54.9 cm³/mol. The first-order valence-corrected chi connectivity index (χ1v) is 5.05. The summed E-state index contributed by atoms with van der Waals surface area (Å²) in [5, 5.41) is 0. The summed E-state index contributed by atoms with van der Waals surface area (Å²) in [6.07, 6.45) is 2.12. The Labute approximate surface area is 93.9 Å². The molecule has 0 N–H and O–H groups in total. The fraction of sp³-hybridized carbons (Fsp3) is 0.500. The lowest BCUT2D eigenvalue weighted by atomic mass is 10.4. The van der Waals surface area contributed by atoms with Crippen molar-refractivity contribution in [2.75, 3.05) is 0 Å². The van der Waals surface area contributed by atoms with Crippen molar-refractivity contribution in [1.82, 2.24) is 9.55 Å². The first kappa shape index (κ1) is 10.6. The number of imidazole rings is 1. The molecular formula is C6H6BrCl3N2. The van der Waals surface area contributed by atoms with Gasteiger partial charge in [-0.25, -0.2) is 4.98 Å². The number of aryl methyl sites for hydroxylation is 1. The van der Waals surface area contributed by atoms with Gasteiger partial charge in [0, 0.05) is 13.2 Å². The van der Waals surface area contributed by atoms with Gasteiger partial charge in [-0.2, -0.15) is 0 Å². The van der Waals surface area contributed by atoms with Gasteiger partial charge in [-0.15, -0.1) is 0 Å². The van der Waals surface area contributed by atoms with Gasteiger partial charge in [-0.05, 0) is 15.9 Å². The Morgan fingerprint density at radius 2 is 2.17 bits per heavy atom. The van der Waals surface area contributed by atoms with Crippen LogP contribution in [0.15, 0.2) is 10.8 Å². The molecule has 0 aliphatic carbocycles. The quantitative estimate of drug-likeness (QED) is 0.727. The van der Waals surface area contributed by atoms with Crippen LogP contribution in [0.1, 0.15) is 5.82 Å². The molecule has 1 heterocycles. The molecule has 0 atom stereocenters. The number of hydrogen-bond acceptors (Lipinski definition) is 1. The second kappa shape index (κ2) is 3.74. The molecule has 1 aromatic rings. The molecule has 0 saturated heterocycles. The van der Waals surface area contributed by atoms with Crippen molar-refractivity contribution in [3.8, 4) is 0 Å². The Morgan fingerprint density at radius 1 is 1.58 bits per heavy atom. The summed E-state index contributed by atoms with van der Waals surface area (Å²) < 4.78 is 1.28. The topological polar surface area (TPSA) is 17.8 Å². The van der Waals surface area contributed by atoms with Gasteiger partial charge < -0.3 is 4.57 Å². The van der Waals surface area contributed by atoms with E-state index >= 15 is 0 Å². The number of alkyl halides is 3. The van der Waals surface area contributed by atoms with Crippen LogP contribution in [0.3, 0.4) is 0 Å². The highest BCUT2D eigenvalue weighted by Gasteiger charge is 2.22. The van der Waals surface area contributed by atoms with E-state index in [9.17, 15) is 0 Å². The Kier molecular flexibility index (Phi) is 3.32. The van der Waals surface area contributed by atoms with Crippen LogP contribution >= 0.6 is 50.7 Å². The fourth-order valence-electron chi connectivity index (χ4n) is 0.809. The Morgan fingerprint density at radius 3 is 2.50 bits per heavy atom. The minimum atomic E-state index is -1.28. The molecular weight excluding hydrogens is 286 g/mol. The van der Waals surface area contributed by atoms with E-state index in [2.05, 4.69) is 20.9 Å². The molecule has 68 valence electrons. The molecule has 0 amide bonds. The molecule has 0 bridgehead atoms. The Balaban J connectivity index is 2.82. The maximum absolute atomic E-state index is 5.61. The van der Waals surface area contributed by atoms with Crippen molar-refractivity contribution in [2.45, 2.75) is 10.2 Å². The van der Waals surface area contributed by atoms with E-state index in [4.69, 9.17) is 34.8 Å². The summed E-state index contributed by atoms with van der Waals surface area (Å²) in [4.78, 5) is 4.12. The van der Waals surface area contributed by atoms with Gasteiger partial charge in [-0.1, -0.05) is 34.8 Å². The van der Waals surface area contributed by atoms with Gasteiger partial charge in [0.05, 0.1) is 6.42 Å². The molecule has 1 rings (SSSR count). The van der Waals surface area contributed by atoms with Crippen LogP contribution in [-0.4, -0.2) is 13.3 Å². The van der Waals surface area contributed by atoms with Crippen LogP contribution in [0.2, 0.25) is 0 Å². The number of halogens is 4. The highest BCUT2D eigenvalue weighted by molar-refractivity contribution is 9.10. The zero-order chi connectivity index (χ0) is 9.35. The lowest BCUT2D eigenvalue weighted by Gasteiger charge is -2.09. The van der Waals surface area contributed by atoms with E-state index in [1.807, 2.05) is 17.8 Å². The van der Waals surface area contributed by atoms with Gasteiger partial charge in [0.25, 0.3) is 0 Å². The number of nitrogens with zero attached hydrogens (tertiary/aromatic N) is 2. The minimum Gasteiger partial charge on any atom is -0.337 e. The van der Waals surface area contributed by atoms with E-state index < -0.39 is 3.79 Å². The van der Waals surface area contributed by atoms with Gasteiger partial charge in [0.2, 0.25) is 0 Å². The zero-order valence-corrected chi connectivity index (χ0v) is 10.0. The first-order chi connectivity index (χ1) is 5.38. The average molecular weight is 292 g/mol. The highest BCUT2D eigenvalue weighted by atomic mass is 79.9. The average Bonchev–Trinajstić information content (AvgIpc) is 2.06. The van der Waals surface area contributed by atoms with Crippen molar-refractivity contribution in [3.05, 3.63) is 16.6 Å². The van der Waals surface area contributed by atoms with E-state index in [1.165, 1.54) is 0 Å². The van der Waals surface area contributed by atoms with Crippen molar-refractivity contribution < 1.29 is 0 Å². The van der Waals surface area contributed by atoms with Crippen molar-refractivity contribution in [2.24, 2.45) is 7.05 Å². The summed E-state index contributed by atoms with van der Waals surface area (Å²) in [6.45, 7) is 0. The number of aromatic nitrogens is 2. The van der Waals surface area contributed by atoms with Gasteiger partial charge in [0.15, 0.2) is 3.79 Å².